The first kappa shape index (κ1) is 26.1. The van der Waals surface area contributed by atoms with Crippen LogP contribution in [0.15, 0.2) is 59.0 Å². The summed E-state index contributed by atoms with van der Waals surface area (Å²) in [7, 11) is 0. The van der Waals surface area contributed by atoms with Gasteiger partial charge in [0.25, 0.3) is 5.91 Å². The van der Waals surface area contributed by atoms with Gasteiger partial charge in [0, 0.05) is 11.7 Å². The Bertz CT molecular complexity index is 1470. The number of tetrazole rings is 1. The Morgan fingerprint density at radius 1 is 1.08 bits per heavy atom. The maximum absolute atomic E-state index is 14.1. The summed E-state index contributed by atoms with van der Waals surface area (Å²) in [5, 5.41) is 25.5. The molecule has 1 saturated carbocycles. The van der Waals surface area contributed by atoms with Crippen molar-refractivity contribution >= 4 is 17.5 Å². The van der Waals surface area contributed by atoms with Gasteiger partial charge < -0.3 is 14.8 Å². The van der Waals surface area contributed by atoms with E-state index >= 15 is 0 Å². The standard InChI is InChI=1S/C29H32N6O4/c1-18-8-9-19(2)24(16-18)35(26(37)17-34-32-28(31-33-34)25-15-10-20(3)39-25)27(21-11-13-23(36)14-12-21)29(38)30-22-6-4-5-7-22/h8-16,22,27,36H,4-7,17H2,1-3H3,(H,30,38). The van der Waals surface area contributed by atoms with E-state index in [1.54, 1.807) is 24.3 Å². The van der Waals surface area contributed by atoms with Crippen molar-refractivity contribution in [1.82, 2.24) is 25.5 Å². The molecule has 0 aliphatic heterocycles. The van der Waals surface area contributed by atoms with Crippen LogP contribution in [0.4, 0.5) is 5.69 Å². The van der Waals surface area contributed by atoms with E-state index in [2.05, 4.69) is 20.7 Å². The number of nitrogens with zero attached hydrogens (tertiary/aromatic N) is 5. The van der Waals surface area contributed by atoms with E-state index in [9.17, 15) is 14.7 Å². The first-order valence-electron chi connectivity index (χ1n) is 13.1. The number of aryl methyl sites for hydroxylation is 3. The number of hydrogen-bond acceptors (Lipinski definition) is 7. The van der Waals surface area contributed by atoms with Gasteiger partial charge in [0.05, 0.1) is 0 Å². The fraction of sp³-hybridized carbons (Fsp3) is 0.345. The van der Waals surface area contributed by atoms with Crippen molar-refractivity contribution in [1.29, 1.82) is 0 Å². The topological polar surface area (TPSA) is 126 Å². The number of aromatic hydroxyl groups is 1. The van der Waals surface area contributed by atoms with E-state index in [-0.39, 0.29) is 36.0 Å². The lowest BCUT2D eigenvalue weighted by Gasteiger charge is -2.33. The number of amides is 2. The summed E-state index contributed by atoms with van der Waals surface area (Å²) < 4.78 is 5.59. The fourth-order valence-corrected chi connectivity index (χ4v) is 4.98. The molecule has 10 heteroatoms. The van der Waals surface area contributed by atoms with Gasteiger partial charge in [-0.25, -0.2) is 0 Å². The third-order valence-electron chi connectivity index (χ3n) is 7.00. The molecule has 1 aliphatic carbocycles. The molecule has 10 nitrogen and oxygen atoms in total. The van der Waals surface area contributed by atoms with Gasteiger partial charge in [-0.15, -0.1) is 10.2 Å². The average molecular weight is 529 g/mol. The SMILES string of the molecule is Cc1ccc(C)c(N(C(=O)Cn2nnc(-c3ccc(C)o3)n2)C(C(=O)NC2CCCC2)c2ccc(O)cc2)c1. The van der Waals surface area contributed by atoms with Crippen LogP contribution in [0.1, 0.15) is 54.2 Å². The molecular weight excluding hydrogens is 496 g/mol. The highest BCUT2D eigenvalue weighted by Crippen LogP contribution is 2.33. The van der Waals surface area contributed by atoms with Crippen molar-refractivity contribution in [2.45, 2.75) is 65.1 Å². The third kappa shape index (κ3) is 5.84. The normalized spacial score (nSPS) is 14.3. The maximum atomic E-state index is 14.1. The van der Waals surface area contributed by atoms with Crippen molar-refractivity contribution in [2.75, 3.05) is 4.90 Å². The largest absolute Gasteiger partial charge is 0.508 e. The van der Waals surface area contributed by atoms with Gasteiger partial charge in [0.2, 0.25) is 11.7 Å². The van der Waals surface area contributed by atoms with Gasteiger partial charge in [0.1, 0.15) is 24.1 Å². The van der Waals surface area contributed by atoms with Gasteiger partial charge in [-0.3, -0.25) is 14.5 Å². The van der Waals surface area contributed by atoms with E-state index in [1.165, 1.54) is 21.8 Å². The lowest BCUT2D eigenvalue weighted by molar-refractivity contribution is -0.127. The molecule has 0 saturated heterocycles. The molecule has 0 spiro atoms. The Morgan fingerprint density at radius 3 is 2.51 bits per heavy atom. The van der Waals surface area contributed by atoms with Gasteiger partial charge in [-0.2, -0.15) is 4.80 Å². The molecule has 2 amide bonds. The number of hydrogen-bond donors (Lipinski definition) is 2. The second kappa shape index (κ2) is 11.1. The molecule has 5 rings (SSSR count). The number of anilines is 1. The Kier molecular flexibility index (Phi) is 7.44. The van der Waals surface area contributed by atoms with Crippen LogP contribution >= 0.6 is 0 Å². The first-order chi connectivity index (χ1) is 18.8. The van der Waals surface area contributed by atoms with Crippen molar-refractivity contribution in [2.24, 2.45) is 0 Å². The van der Waals surface area contributed by atoms with E-state index in [0.29, 0.717) is 22.8 Å². The average Bonchev–Trinajstić information content (AvgIpc) is 3.68. The Balaban J connectivity index is 1.54. The highest BCUT2D eigenvalue weighted by atomic mass is 16.3. The van der Waals surface area contributed by atoms with Crippen LogP contribution in [0.5, 0.6) is 5.75 Å². The van der Waals surface area contributed by atoms with Gasteiger partial charge in [0.15, 0.2) is 5.76 Å². The van der Waals surface area contributed by atoms with Crippen molar-refractivity contribution in [3.8, 4) is 17.3 Å². The molecule has 1 aliphatic rings. The summed E-state index contributed by atoms with van der Waals surface area (Å²) in [4.78, 5) is 30.7. The van der Waals surface area contributed by atoms with Gasteiger partial charge in [-0.05, 0) is 85.8 Å². The number of furan rings is 1. The molecule has 2 N–H and O–H groups in total. The van der Waals surface area contributed by atoms with Gasteiger partial charge in [-0.1, -0.05) is 37.1 Å². The molecule has 2 aromatic carbocycles. The summed E-state index contributed by atoms with van der Waals surface area (Å²) in [6.45, 7) is 5.42. The molecule has 0 radical (unpaired) electrons. The fourth-order valence-electron chi connectivity index (χ4n) is 4.98. The number of nitrogens with one attached hydrogen (secondary N) is 1. The van der Waals surface area contributed by atoms with Crippen LogP contribution in [-0.2, 0) is 16.1 Å². The second-order valence-corrected chi connectivity index (χ2v) is 10.1. The molecule has 0 bridgehead atoms. The monoisotopic (exact) mass is 528 g/mol. The summed E-state index contributed by atoms with van der Waals surface area (Å²) in [6, 6.07) is 14.8. The Labute approximate surface area is 226 Å². The van der Waals surface area contributed by atoms with Crippen LogP contribution in [-0.4, -0.2) is 43.2 Å². The molecule has 2 heterocycles. The summed E-state index contributed by atoms with van der Waals surface area (Å²) in [6.07, 6.45) is 3.93. The highest BCUT2D eigenvalue weighted by molar-refractivity contribution is 6.01. The molecule has 1 fully saturated rings. The van der Waals surface area contributed by atoms with Crippen LogP contribution in [0.2, 0.25) is 0 Å². The smallest absolute Gasteiger partial charge is 0.251 e. The van der Waals surface area contributed by atoms with Crippen LogP contribution in [0.3, 0.4) is 0 Å². The predicted molar refractivity (Wildman–Crippen MR) is 145 cm³/mol. The predicted octanol–water partition coefficient (Wildman–Crippen LogP) is 4.40. The molecule has 1 unspecified atom stereocenters. The van der Waals surface area contributed by atoms with Gasteiger partial charge >= 0.3 is 0 Å². The van der Waals surface area contributed by atoms with Crippen LogP contribution < -0.4 is 10.2 Å². The number of rotatable bonds is 8. The zero-order chi connectivity index (χ0) is 27.5. The van der Waals surface area contributed by atoms with E-state index in [1.807, 2.05) is 39.0 Å². The summed E-state index contributed by atoms with van der Waals surface area (Å²) in [5.41, 5.74) is 2.98. The second-order valence-electron chi connectivity index (χ2n) is 10.1. The molecule has 202 valence electrons. The number of phenols is 1. The lowest BCUT2D eigenvalue weighted by Crippen LogP contribution is -2.47. The third-order valence-corrected chi connectivity index (χ3v) is 7.00. The van der Waals surface area contributed by atoms with E-state index < -0.39 is 6.04 Å². The lowest BCUT2D eigenvalue weighted by atomic mass is 10.00. The Hall–Kier alpha value is -4.47. The molecule has 39 heavy (non-hydrogen) atoms. The first-order valence-corrected chi connectivity index (χ1v) is 13.1. The minimum Gasteiger partial charge on any atom is -0.508 e. The molecule has 2 aromatic heterocycles. The molecule has 1 atom stereocenters. The number of benzene rings is 2. The number of phenolic OH excluding ortho intramolecular Hbond substituents is 1. The molecule has 4 aromatic rings. The molecular formula is C29H32N6O4. The zero-order valence-electron chi connectivity index (χ0n) is 22.3. The van der Waals surface area contributed by atoms with Crippen LogP contribution in [0, 0.1) is 20.8 Å². The van der Waals surface area contributed by atoms with Crippen LogP contribution in [0.25, 0.3) is 11.6 Å². The number of carbonyl (C=O) groups is 2. The maximum Gasteiger partial charge on any atom is 0.251 e. The zero-order valence-corrected chi connectivity index (χ0v) is 22.3. The highest BCUT2D eigenvalue weighted by Gasteiger charge is 2.35. The van der Waals surface area contributed by atoms with Crippen molar-refractivity contribution < 1.29 is 19.1 Å². The van der Waals surface area contributed by atoms with Crippen molar-refractivity contribution in [3.05, 3.63) is 77.0 Å². The number of carbonyl (C=O) groups excluding carboxylic acids is 2. The summed E-state index contributed by atoms with van der Waals surface area (Å²) >= 11 is 0. The Morgan fingerprint density at radius 2 is 1.82 bits per heavy atom. The number of aromatic nitrogens is 4. The minimum atomic E-state index is -0.977. The van der Waals surface area contributed by atoms with E-state index in [0.717, 1.165) is 36.8 Å². The van der Waals surface area contributed by atoms with Crippen molar-refractivity contribution in [3.63, 3.8) is 0 Å². The quantitative estimate of drug-likeness (QED) is 0.347. The van der Waals surface area contributed by atoms with E-state index in [4.69, 9.17) is 4.42 Å². The summed E-state index contributed by atoms with van der Waals surface area (Å²) in [5.74, 6) is 0.844. The minimum absolute atomic E-state index is 0.0592.